The van der Waals surface area contributed by atoms with Crippen molar-refractivity contribution in [1.82, 2.24) is 4.31 Å². The second-order valence-electron chi connectivity index (χ2n) is 6.90. The number of amides is 1. The van der Waals surface area contributed by atoms with Crippen molar-refractivity contribution in [3.05, 3.63) is 54.6 Å². The molecule has 1 unspecified atom stereocenters. The van der Waals surface area contributed by atoms with Gasteiger partial charge in [0.1, 0.15) is 5.75 Å². The Morgan fingerprint density at radius 3 is 2.37 bits per heavy atom. The fraction of sp³-hybridized carbons (Fsp3) is 0.350. The summed E-state index contributed by atoms with van der Waals surface area (Å²) in [5.41, 5.74) is 0.294. The van der Waals surface area contributed by atoms with Crippen LogP contribution in [0.2, 0.25) is 0 Å². The van der Waals surface area contributed by atoms with E-state index in [-0.39, 0.29) is 11.3 Å². The minimum atomic E-state index is -4.79. The van der Waals surface area contributed by atoms with Crippen LogP contribution in [0.1, 0.15) is 25.7 Å². The first kappa shape index (κ1) is 22.1. The van der Waals surface area contributed by atoms with Gasteiger partial charge in [0.15, 0.2) is 0 Å². The Morgan fingerprint density at radius 1 is 1.07 bits per heavy atom. The summed E-state index contributed by atoms with van der Waals surface area (Å²) in [5, 5.41) is 2.59. The third-order valence-electron chi connectivity index (χ3n) is 4.72. The third-order valence-corrected chi connectivity index (χ3v) is 6.68. The minimum Gasteiger partial charge on any atom is -0.406 e. The van der Waals surface area contributed by atoms with Crippen molar-refractivity contribution in [3.8, 4) is 5.75 Å². The van der Waals surface area contributed by atoms with Gasteiger partial charge in [-0.05, 0) is 49.2 Å². The zero-order chi connectivity index (χ0) is 21.8. The van der Waals surface area contributed by atoms with Crippen LogP contribution in [-0.2, 0) is 14.8 Å². The van der Waals surface area contributed by atoms with Gasteiger partial charge >= 0.3 is 6.36 Å². The van der Waals surface area contributed by atoms with Gasteiger partial charge in [0.25, 0.3) is 0 Å². The van der Waals surface area contributed by atoms with Crippen LogP contribution >= 0.6 is 0 Å². The van der Waals surface area contributed by atoms with E-state index >= 15 is 0 Å². The summed E-state index contributed by atoms with van der Waals surface area (Å²) in [6.45, 7) is 0.332. The zero-order valence-corrected chi connectivity index (χ0v) is 16.7. The molecule has 162 valence electrons. The van der Waals surface area contributed by atoms with E-state index in [1.54, 1.807) is 18.2 Å². The lowest BCUT2D eigenvalue weighted by atomic mass is 10.0. The number of carbonyl (C=O) groups excluding carboxylic acids is 1. The van der Waals surface area contributed by atoms with Gasteiger partial charge in [-0.2, -0.15) is 4.31 Å². The molecule has 0 aliphatic carbocycles. The SMILES string of the molecule is O=C(CC1CCCCN1S(=O)(=O)c1ccccc1)Nc1ccc(OC(F)(F)F)cc1. The molecule has 10 heteroatoms. The van der Waals surface area contributed by atoms with Crippen LogP contribution in [0.15, 0.2) is 59.5 Å². The molecule has 2 aromatic carbocycles. The maximum atomic E-state index is 13.0. The molecule has 0 spiro atoms. The van der Waals surface area contributed by atoms with Crippen LogP contribution < -0.4 is 10.1 Å². The highest BCUT2D eigenvalue weighted by Gasteiger charge is 2.34. The third kappa shape index (κ3) is 5.73. The Morgan fingerprint density at radius 2 is 1.73 bits per heavy atom. The predicted octanol–water partition coefficient (Wildman–Crippen LogP) is 4.16. The van der Waals surface area contributed by atoms with Crippen molar-refractivity contribution in [2.24, 2.45) is 0 Å². The molecular formula is C20H21F3N2O4S. The second-order valence-corrected chi connectivity index (χ2v) is 8.79. The van der Waals surface area contributed by atoms with Crippen molar-refractivity contribution in [2.75, 3.05) is 11.9 Å². The lowest BCUT2D eigenvalue weighted by Gasteiger charge is -2.34. The Hall–Kier alpha value is -2.59. The fourth-order valence-electron chi connectivity index (χ4n) is 3.39. The van der Waals surface area contributed by atoms with Crippen molar-refractivity contribution in [2.45, 2.75) is 43.0 Å². The first-order valence-electron chi connectivity index (χ1n) is 9.38. The van der Waals surface area contributed by atoms with Crippen LogP contribution in [-0.4, -0.2) is 37.6 Å². The summed E-state index contributed by atoms with van der Waals surface area (Å²) in [7, 11) is -3.72. The monoisotopic (exact) mass is 442 g/mol. The average molecular weight is 442 g/mol. The van der Waals surface area contributed by atoms with Crippen molar-refractivity contribution < 1.29 is 31.1 Å². The first-order valence-corrected chi connectivity index (χ1v) is 10.8. The number of piperidine rings is 1. The van der Waals surface area contributed by atoms with Crippen molar-refractivity contribution >= 4 is 21.6 Å². The molecule has 1 amide bonds. The van der Waals surface area contributed by atoms with E-state index in [2.05, 4.69) is 10.1 Å². The van der Waals surface area contributed by atoms with Crippen LogP contribution in [0.5, 0.6) is 5.75 Å². The maximum absolute atomic E-state index is 13.0. The number of rotatable bonds is 6. The van der Waals surface area contributed by atoms with E-state index in [1.807, 2.05) is 0 Å². The molecule has 1 saturated heterocycles. The maximum Gasteiger partial charge on any atom is 0.573 e. The number of benzene rings is 2. The normalized spacial score (nSPS) is 18.0. The number of hydrogen-bond donors (Lipinski definition) is 1. The zero-order valence-electron chi connectivity index (χ0n) is 15.9. The number of alkyl halides is 3. The van der Waals surface area contributed by atoms with E-state index < -0.39 is 34.1 Å². The summed E-state index contributed by atoms with van der Waals surface area (Å²) in [4.78, 5) is 12.6. The quantitative estimate of drug-likeness (QED) is 0.729. The number of anilines is 1. The topological polar surface area (TPSA) is 75.7 Å². The highest BCUT2D eigenvalue weighted by Crippen LogP contribution is 2.28. The Labute approximate surface area is 172 Å². The number of nitrogens with zero attached hydrogens (tertiary/aromatic N) is 1. The lowest BCUT2D eigenvalue weighted by molar-refractivity contribution is -0.274. The molecule has 1 aliphatic rings. The number of sulfonamides is 1. The van der Waals surface area contributed by atoms with Crippen LogP contribution in [0, 0.1) is 0 Å². The molecule has 0 radical (unpaired) electrons. The molecule has 1 aliphatic heterocycles. The van der Waals surface area contributed by atoms with Gasteiger partial charge in [-0.25, -0.2) is 8.42 Å². The number of hydrogen-bond acceptors (Lipinski definition) is 4. The van der Waals surface area contributed by atoms with E-state index in [0.29, 0.717) is 25.1 Å². The number of nitrogens with one attached hydrogen (secondary N) is 1. The standard InChI is InChI=1S/C20H21F3N2O4S/c21-20(22,23)29-17-11-9-15(10-12-17)24-19(26)14-16-6-4-5-13-25(16)30(27,28)18-7-2-1-3-8-18/h1-3,7-12,16H,4-6,13-14H2,(H,24,26). The van der Waals surface area contributed by atoms with Crippen LogP contribution in [0.4, 0.5) is 18.9 Å². The van der Waals surface area contributed by atoms with Gasteiger partial charge in [-0.1, -0.05) is 24.6 Å². The summed E-state index contributed by atoms with van der Waals surface area (Å²) in [6, 6.07) is 12.3. The van der Waals surface area contributed by atoms with Gasteiger partial charge in [0.05, 0.1) is 4.90 Å². The Bertz CT molecular complexity index is 964. The summed E-state index contributed by atoms with van der Waals surface area (Å²) < 4.78 is 67.8. The first-order chi connectivity index (χ1) is 14.1. The lowest BCUT2D eigenvalue weighted by Crippen LogP contribution is -2.45. The highest BCUT2D eigenvalue weighted by molar-refractivity contribution is 7.89. The van der Waals surface area contributed by atoms with Gasteiger partial charge < -0.3 is 10.1 Å². The smallest absolute Gasteiger partial charge is 0.406 e. The molecule has 1 atom stereocenters. The van der Waals surface area contributed by atoms with E-state index in [0.717, 1.165) is 18.6 Å². The van der Waals surface area contributed by atoms with Crippen LogP contribution in [0.3, 0.4) is 0 Å². The molecule has 1 heterocycles. The molecule has 0 bridgehead atoms. The molecule has 0 saturated carbocycles. The summed E-state index contributed by atoms with van der Waals surface area (Å²) >= 11 is 0. The number of ether oxygens (including phenoxy) is 1. The predicted molar refractivity (Wildman–Crippen MR) is 104 cm³/mol. The molecule has 30 heavy (non-hydrogen) atoms. The number of halogens is 3. The van der Waals surface area contributed by atoms with Gasteiger partial charge in [0, 0.05) is 24.7 Å². The van der Waals surface area contributed by atoms with Crippen molar-refractivity contribution in [1.29, 1.82) is 0 Å². The van der Waals surface area contributed by atoms with Crippen LogP contribution in [0.25, 0.3) is 0 Å². The van der Waals surface area contributed by atoms with Crippen molar-refractivity contribution in [3.63, 3.8) is 0 Å². The molecule has 2 aromatic rings. The largest absolute Gasteiger partial charge is 0.573 e. The molecule has 1 fully saturated rings. The molecule has 6 nitrogen and oxygen atoms in total. The summed E-state index contributed by atoms with van der Waals surface area (Å²) in [6.07, 6.45) is -2.77. The molecule has 1 N–H and O–H groups in total. The second kappa shape index (κ2) is 9.05. The Kier molecular flexibility index (Phi) is 6.67. The van der Waals surface area contributed by atoms with Gasteiger partial charge in [-0.3, -0.25) is 4.79 Å². The molecule has 3 rings (SSSR count). The van der Waals surface area contributed by atoms with Gasteiger partial charge in [0.2, 0.25) is 15.9 Å². The molecular weight excluding hydrogens is 421 g/mol. The fourth-order valence-corrected chi connectivity index (χ4v) is 5.10. The van der Waals surface area contributed by atoms with E-state index in [9.17, 15) is 26.4 Å². The number of carbonyl (C=O) groups is 1. The van der Waals surface area contributed by atoms with Gasteiger partial charge in [-0.15, -0.1) is 13.2 Å². The van der Waals surface area contributed by atoms with E-state index in [4.69, 9.17) is 0 Å². The Balaban J connectivity index is 1.66. The minimum absolute atomic E-state index is 0.0487. The molecule has 0 aromatic heterocycles. The summed E-state index contributed by atoms with van der Waals surface area (Å²) in [5.74, 6) is -0.812. The average Bonchev–Trinajstić information content (AvgIpc) is 2.69. The highest BCUT2D eigenvalue weighted by atomic mass is 32.2. The van der Waals surface area contributed by atoms with E-state index in [1.165, 1.54) is 28.6 Å².